The molecule has 0 fully saturated rings. The van der Waals surface area contributed by atoms with E-state index >= 15 is 0 Å². The first kappa shape index (κ1) is 30.0. The third-order valence-electron chi connectivity index (χ3n) is 10.4. The molecule has 2 aliphatic carbocycles. The Balaban J connectivity index is 1.13. The van der Waals surface area contributed by atoms with Gasteiger partial charge < -0.3 is 4.57 Å². The molecule has 0 N–H and O–H groups in total. The number of para-hydroxylation sites is 1. The van der Waals surface area contributed by atoms with Crippen LogP contribution in [0.5, 0.6) is 0 Å². The maximum atomic E-state index is 5.11. The van der Waals surface area contributed by atoms with Crippen molar-refractivity contribution in [2.75, 3.05) is 0 Å². The normalized spacial score (nSPS) is 17.4. The zero-order valence-electron chi connectivity index (χ0n) is 28.3. The summed E-state index contributed by atoms with van der Waals surface area (Å²) in [5.41, 5.74) is 7.75. The summed E-state index contributed by atoms with van der Waals surface area (Å²) in [5, 5.41) is 5.17. The first-order valence-electron chi connectivity index (χ1n) is 17.6. The highest BCUT2D eigenvalue weighted by molar-refractivity contribution is 7.26. The van der Waals surface area contributed by atoms with Crippen molar-refractivity contribution in [3.63, 3.8) is 0 Å². The largest absolute Gasteiger partial charge is 0.331 e. The molecule has 3 aromatic heterocycles. The van der Waals surface area contributed by atoms with Crippen LogP contribution in [0.2, 0.25) is 0 Å². The van der Waals surface area contributed by atoms with Gasteiger partial charge in [0, 0.05) is 53.1 Å². The second-order valence-electron chi connectivity index (χ2n) is 13.8. The minimum absolute atomic E-state index is 0.356. The van der Waals surface area contributed by atoms with Crippen LogP contribution in [0.4, 0.5) is 0 Å². The number of fused-ring (bicyclic) bond motifs is 6. The maximum absolute atomic E-state index is 5.11. The van der Waals surface area contributed by atoms with Crippen LogP contribution in [0, 0.1) is 0 Å². The van der Waals surface area contributed by atoms with Gasteiger partial charge in [0.05, 0.1) is 5.54 Å². The molecule has 0 saturated heterocycles. The van der Waals surface area contributed by atoms with Crippen LogP contribution in [-0.2, 0) is 5.54 Å². The van der Waals surface area contributed by atoms with Gasteiger partial charge in [-0.15, -0.1) is 11.3 Å². The summed E-state index contributed by atoms with van der Waals surface area (Å²) < 4.78 is 5.19. The number of thiophene rings is 1. The lowest BCUT2D eigenvalue weighted by Gasteiger charge is -2.32. The lowest BCUT2D eigenvalue weighted by Crippen LogP contribution is -2.29. The minimum Gasteiger partial charge on any atom is -0.331 e. The van der Waals surface area contributed by atoms with Gasteiger partial charge in [0.25, 0.3) is 0 Å². The number of benzene rings is 5. The third-order valence-corrected chi connectivity index (χ3v) is 11.6. The van der Waals surface area contributed by atoms with Gasteiger partial charge in [0.1, 0.15) is 0 Å². The lowest BCUT2D eigenvalue weighted by molar-refractivity contribution is 0.439. The number of hydrogen-bond donors (Lipinski definition) is 0. The predicted molar refractivity (Wildman–Crippen MR) is 215 cm³/mol. The smallest absolute Gasteiger partial charge is 0.164 e. The number of nitrogens with zero attached hydrogens (tertiary/aromatic N) is 4. The van der Waals surface area contributed by atoms with E-state index in [1.165, 1.54) is 53.1 Å². The first-order valence-corrected chi connectivity index (χ1v) is 18.5. The highest BCUT2D eigenvalue weighted by Gasteiger charge is 2.30. The molecule has 4 nitrogen and oxygen atoms in total. The Morgan fingerprint density at radius 3 is 2.29 bits per heavy atom. The molecule has 1 unspecified atom stereocenters. The average Bonchev–Trinajstić information content (AvgIpc) is 3.75. The molecule has 3 heterocycles. The second-order valence-corrected chi connectivity index (χ2v) is 14.8. The molecule has 5 aromatic carbocycles. The Morgan fingerprint density at radius 2 is 1.41 bits per heavy atom. The maximum Gasteiger partial charge on any atom is 0.164 e. The molecule has 0 saturated carbocycles. The van der Waals surface area contributed by atoms with Gasteiger partial charge >= 0.3 is 0 Å². The van der Waals surface area contributed by atoms with E-state index in [9.17, 15) is 0 Å². The summed E-state index contributed by atoms with van der Waals surface area (Å²) in [6.45, 7) is 2.34. The van der Waals surface area contributed by atoms with E-state index in [4.69, 9.17) is 15.0 Å². The standard InChI is InChI=1S/C46H34N4S/c1-46(27-13-18-33(29-46)45-48-43(30-14-4-2-5-15-30)47-44(49-45)31-16-6-3-7-17-31)50-39-23-10-8-19-35(39)38-28-32(25-26-40(38)50)34-21-12-22-37-36-20-9-11-24-41(36)51-42(34)37/h2-6,8-16,18-26,28-29H,7,17,27H2,1H3. The molecule has 0 amide bonds. The van der Waals surface area contributed by atoms with E-state index in [1.54, 1.807) is 0 Å². The fourth-order valence-electron chi connectivity index (χ4n) is 7.98. The Morgan fingerprint density at radius 1 is 0.647 bits per heavy atom. The number of aromatic nitrogens is 4. The Hall–Kier alpha value is -5.91. The lowest BCUT2D eigenvalue weighted by atomic mass is 9.88. The summed E-state index contributed by atoms with van der Waals surface area (Å²) in [6.07, 6.45) is 16.0. The fourth-order valence-corrected chi connectivity index (χ4v) is 9.22. The van der Waals surface area contributed by atoms with Gasteiger partial charge in [-0.1, -0.05) is 121 Å². The van der Waals surface area contributed by atoms with Crippen LogP contribution >= 0.6 is 11.3 Å². The Labute approximate surface area is 300 Å². The van der Waals surface area contributed by atoms with Crippen LogP contribution in [-0.4, -0.2) is 19.5 Å². The zero-order chi connectivity index (χ0) is 33.9. The highest BCUT2D eigenvalue weighted by Crippen LogP contribution is 2.44. The van der Waals surface area contributed by atoms with Crippen molar-refractivity contribution >= 4 is 64.5 Å². The molecule has 244 valence electrons. The van der Waals surface area contributed by atoms with E-state index in [0.717, 1.165) is 41.8 Å². The average molecular weight is 675 g/mol. The fraction of sp³-hybridized carbons (Fsp3) is 0.109. The molecule has 2 aliphatic rings. The second kappa shape index (κ2) is 11.9. The van der Waals surface area contributed by atoms with Gasteiger partial charge in [-0.3, -0.25) is 0 Å². The van der Waals surface area contributed by atoms with Crippen LogP contribution in [0.3, 0.4) is 0 Å². The zero-order valence-corrected chi connectivity index (χ0v) is 29.1. The molecule has 51 heavy (non-hydrogen) atoms. The Kier molecular flexibility index (Phi) is 6.97. The summed E-state index contributed by atoms with van der Waals surface area (Å²) in [6, 6.07) is 41.6. The van der Waals surface area contributed by atoms with Gasteiger partial charge in [0.2, 0.25) is 0 Å². The quantitative estimate of drug-likeness (QED) is 0.182. The predicted octanol–water partition coefficient (Wildman–Crippen LogP) is 12.2. The molecule has 8 aromatic rings. The van der Waals surface area contributed by atoms with E-state index in [0.29, 0.717) is 11.6 Å². The van der Waals surface area contributed by atoms with Crippen molar-refractivity contribution in [3.8, 4) is 22.5 Å². The highest BCUT2D eigenvalue weighted by atomic mass is 32.1. The van der Waals surface area contributed by atoms with Crippen LogP contribution < -0.4 is 0 Å². The van der Waals surface area contributed by atoms with E-state index in [1.807, 2.05) is 29.5 Å². The van der Waals surface area contributed by atoms with Crippen molar-refractivity contribution in [2.45, 2.75) is 31.7 Å². The summed E-state index contributed by atoms with van der Waals surface area (Å²) in [7, 11) is 0. The van der Waals surface area contributed by atoms with Gasteiger partial charge in [-0.05, 0) is 73.2 Å². The van der Waals surface area contributed by atoms with Crippen LogP contribution in [0.15, 0.2) is 152 Å². The van der Waals surface area contributed by atoms with Crippen molar-refractivity contribution in [2.24, 2.45) is 0 Å². The molecule has 1 atom stereocenters. The molecule has 0 spiro atoms. The van der Waals surface area contributed by atoms with Crippen molar-refractivity contribution in [1.29, 1.82) is 0 Å². The van der Waals surface area contributed by atoms with Gasteiger partial charge in [-0.25, -0.2) is 15.0 Å². The Bertz CT molecular complexity index is 2800. The molecule has 10 rings (SSSR count). The van der Waals surface area contributed by atoms with E-state index < -0.39 is 0 Å². The number of allylic oxidation sites excluding steroid dienone is 8. The molecular weight excluding hydrogens is 641 g/mol. The molecule has 0 radical (unpaired) electrons. The molecule has 0 bridgehead atoms. The van der Waals surface area contributed by atoms with Crippen molar-refractivity contribution in [3.05, 3.63) is 163 Å². The van der Waals surface area contributed by atoms with Crippen molar-refractivity contribution in [1.82, 2.24) is 19.5 Å². The summed E-state index contributed by atoms with van der Waals surface area (Å²) in [5.74, 6) is 2.16. The molecule has 0 aliphatic heterocycles. The SMILES string of the molecule is CC1(n2c3ccccc3c3cc(-c4cccc5c4sc4ccccc45)ccc32)C=C(c2nc(C3=CC=CCC3)nc(-c3ccccc3)n2)C=CC1. The van der Waals surface area contributed by atoms with Gasteiger partial charge in [0.15, 0.2) is 17.5 Å². The minimum atomic E-state index is -0.356. The summed E-state index contributed by atoms with van der Waals surface area (Å²) in [4.78, 5) is 15.2. The third kappa shape index (κ3) is 4.99. The number of rotatable bonds is 5. The van der Waals surface area contributed by atoms with Crippen LogP contribution in [0.1, 0.15) is 37.8 Å². The van der Waals surface area contributed by atoms with E-state index in [-0.39, 0.29) is 5.54 Å². The van der Waals surface area contributed by atoms with E-state index in [2.05, 4.69) is 145 Å². The van der Waals surface area contributed by atoms with Crippen LogP contribution in [0.25, 0.3) is 75.6 Å². The van der Waals surface area contributed by atoms with Crippen molar-refractivity contribution < 1.29 is 0 Å². The first-order chi connectivity index (χ1) is 25.1. The molecular formula is C46H34N4S. The number of hydrogen-bond acceptors (Lipinski definition) is 4. The summed E-state index contributed by atoms with van der Waals surface area (Å²) >= 11 is 1.88. The van der Waals surface area contributed by atoms with Gasteiger partial charge in [-0.2, -0.15) is 0 Å². The molecule has 5 heteroatoms. The monoisotopic (exact) mass is 674 g/mol. The topological polar surface area (TPSA) is 43.6 Å².